The van der Waals surface area contributed by atoms with Gasteiger partial charge in [0.15, 0.2) is 10.9 Å². The van der Waals surface area contributed by atoms with Gasteiger partial charge in [-0.05, 0) is 76.2 Å². The number of thiocarbonyl (C=S) groups is 1. The summed E-state index contributed by atoms with van der Waals surface area (Å²) in [5.74, 6) is 0.182. The molecule has 4 aromatic rings. The Morgan fingerprint density at radius 3 is 2.38 bits per heavy atom. The van der Waals surface area contributed by atoms with Crippen molar-refractivity contribution in [1.82, 2.24) is 19.7 Å². The van der Waals surface area contributed by atoms with E-state index in [1.807, 2.05) is 0 Å². The summed E-state index contributed by atoms with van der Waals surface area (Å²) in [6.07, 6.45) is 4.66. The van der Waals surface area contributed by atoms with Crippen molar-refractivity contribution < 1.29 is 12.8 Å². The van der Waals surface area contributed by atoms with Gasteiger partial charge in [-0.25, -0.2) is 27.5 Å². The van der Waals surface area contributed by atoms with Gasteiger partial charge in [0.1, 0.15) is 5.82 Å². The predicted octanol–water partition coefficient (Wildman–Crippen LogP) is 4.23. The SMILES string of the molecule is O=S(=O)(Nc1ncccn1)c1ccc(NC(=S)Nc2nn(Cc3ccc(F)cc3)cc2Br)cc1. The largest absolute Gasteiger partial charge is 0.332 e. The van der Waals surface area contributed by atoms with Crippen LogP contribution in [0.2, 0.25) is 0 Å². The van der Waals surface area contributed by atoms with E-state index in [2.05, 4.69) is 46.4 Å². The highest BCUT2D eigenvalue weighted by Gasteiger charge is 2.15. The minimum atomic E-state index is -3.83. The summed E-state index contributed by atoms with van der Waals surface area (Å²) in [4.78, 5) is 7.76. The Labute approximate surface area is 208 Å². The molecule has 4 rings (SSSR count). The molecule has 0 aliphatic heterocycles. The van der Waals surface area contributed by atoms with Crippen LogP contribution < -0.4 is 15.4 Å². The average molecular weight is 562 g/mol. The van der Waals surface area contributed by atoms with Crippen molar-refractivity contribution in [2.45, 2.75) is 11.4 Å². The molecule has 13 heteroatoms. The van der Waals surface area contributed by atoms with E-state index in [4.69, 9.17) is 12.2 Å². The number of hydrogen-bond acceptors (Lipinski definition) is 6. The first-order chi connectivity index (χ1) is 16.3. The summed E-state index contributed by atoms with van der Waals surface area (Å²) in [6.45, 7) is 0.457. The Hall–Kier alpha value is -3.42. The molecule has 9 nitrogen and oxygen atoms in total. The van der Waals surface area contributed by atoms with Gasteiger partial charge in [0.25, 0.3) is 10.0 Å². The average Bonchev–Trinajstić information content (AvgIpc) is 3.14. The number of rotatable bonds is 7. The minimum Gasteiger partial charge on any atom is -0.332 e. The maximum Gasteiger partial charge on any atom is 0.264 e. The summed E-state index contributed by atoms with van der Waals surface area (Å²) in [6, 6.07) is 13.8. The highest BCUT2D eigenvalue weighted by molar-refractivity contribution is 9.10. The second-order valence-corrected chi connectivity index (χ2v) is 9.88. The third kappa shape index (κ3) is 6.12. The van der Waals surface area contributed by atoms with Crippen molar-refractivity contribution in [3.63, 3.8) is 0 Å². The molecule has 2 aromatic carbocycles. The summed E-state index contributed by atoms with van der Waals surface area (Å²) in [5.41, 5.74) is 1.47. The van der Waals surface area contributed by atoms with Gasteiger partial charge in [-0.3, -0.25) is 4.68 Å². The van der Waals surface area contributed by atoms with Crippen molar-refractivity contribution in [2.75, 3.05) is 15.4 Å². The first-order valence-electron chi connectivity index (χ1n) is 9.74. The molecule has 174 valence electrons. The first-order valence-corrected chi connectivity index (χ1v) is 12.4. The number of nitrogens with zero attached hydrogens (tertiary/aromatic N) is 4. The molecule has 0 saturated carbocycles. The zero-order valence-corrected chi connectivity index (χ0v) is 20.5. The van der Waals surface area contributed by atoms with Crippen LogP contribution in [0, 0.1) is 5.82 Å². The molecule has 0 spiro atoms. The smallest absolute Gasteiger partial charge is 0.264 e. The topological polar surface area (TPSA) is 114 Å². The van der Waals surface area contributed by atoms with Gasteiger partial charge in [-0.1, -0.05) is 12.1 Å². The molecule has 0 fully saturated rings. The van der Waals surface area contributed by atoms with Gasteiger partial charge < -0.3 is 10.6 Å². The highest BCUT2D eigenvalue weighted by atomic mass is 79.9. The molecule has 0 radical (unpaired) electrons. The number of sulfonamides is 1. The Kier molecular flexibility index (Phi) is 7.14. The minimum absolute atomic E-state index is 0.0143. The second-order valence-electron chi connectivity index (χ2n) is 6.93. The van der Waals surface area contributed by atoms with Crippen LogP contribution in [0.1, 0.15) is 5.56 Å². The van der Waals surface area contributed by atoms with Crippen LogP contribution >= 0.6 is 28.1 Å². The molecule has 0 aliphatic carbocycles. The van der Waals surface area contributed by atoms with Gasteiger partial charge >= 0.3 is 0 Å². The van der Waals surface area contributed by atoms with Gasteiger partial charge in [-0.15, -0.1) is 0 Å². The van der Waals surface area contributed by atoms with Crippen molar-refractivity contribution in [3.8, 4) is 0 Å². The van der Waals surface area contributed by atoms with Gasteiger partial charge in [-0.2, -0.15) is 5.10 Å². The van der Waals surface area contributed by atoms with Gasteiger partial charge in [0, 0.05) is 24.3 Å². The van der Waals surface area contributed by atoms with E-state index in [9.17, 15) is 12.8 Å². The van der Waals surface area contributed by atoms with Crippen LogP contribution in [0.5, 0.6) is 0 Å². The van der Waals surface area contributed by atoms with Crippen molar-refractivity contribution >= 4 is 60.7 Å². The fraction of sp³-hybridized carbons (Fsp3) is 0.0476. The third-order valence-electron chi connectivity index (χ3n) is 4.42. The lowest BCUT2D eigenvalue weighted by Crippen LogP contribution is -2.20. The van der Waals surface area contributed by atoms with Crippen LogP contribution in [-0.2, 0) is 16.6 Å². The van der Waals surface area contributed by atoms with Crippen LogP contribution in [0.4, 0.5) is 21.8 Å². The van der Waals surface area contributed by atoms with Gasteiger partial charge in [0.2, 0.25) is 5.95 Å². The van der Waals surface area contributed by atoms with E-state index in [0.717, 1.165) is 5.56 Å². The molecule has 0 atom stereocenters. The van der Waals surface area contributed by atoms with E-state index >= 15 is 0 Å². The molecule has 3 N–H and O–H groups in total. The van der Waals surface area contributed by atoms with Crippen LogP contribution in [0.3, 0.4) is 0 Å². The van der Waals surface area contributed by atoms with Gasteiger partial charge in [0.05, 0.1) is 15.9 Å². The monoisotopic (exact) mass is 561 g/mol. The zero-order valence-electron chi connectivity index (χ0n) is 17.3. The predicted molar refractivity (Wildman–Crippen MR) is 135 cm³/mol. The fourth-order valence-electron chi connectivity index (χ4n) is 2.86. The van der Waals surface area contributed by atoms with Crippen molar-refractivity contribution in [3.05, 3.63) is 89.0 Å². The number of nitrogens with one attached hydrogen (secondary N) is 3. The Morgan fingerprint density at radius 1 is 1.03 bits per heavy atom. The molecule has 0 saturated heterocycles. The lowest BCUT2D eigenvalue weighted by molar-refractivity contribution is 0.601. The summed E-state index contributed by atoms with van der Waals surface area (Å²) in [5, 5.41) is 10.7. The molecule has 34 heavy (non-hydrogen) atoms. The molecule has 0 unspecified atom stereocenters. The molecule has 2 aromatic heterocycles. The third-order valence-corrected chi connectivity index (χ3v) is 6.55. The fourth-order valence-corrected chi connectivity index (χ4v) is 4.45. The van der Waals surface area contributed by atoms with E-state index in [-0.39, 0.29) is 21.8 Å². The summed E-state index contributed by atoms with van der Waals surface area (Å²) < 4.78 is 42.7. The Balaban J connectivity index is 1.37. The van der Waals surface area contributed by atoms with E-state index in [0.29, 0.717) is 22.5 Å². The van der Waals surface area contributed by atoms with Crippen LogP contribution in [0.25, 0.3) is 0 Å². The number of anilines is 3. The Morgan fingerprint density at radius 2 is 1.71 bits per heavy atom. The Bertz CT molecular complexity index is 1400. The molecule has 0 amide bonds. The van der Waals surface area contributed by atoms with E-state index in [1.165, 1.54) is 36.7 Å². The summed E-state index contributed by atoms with van der Waals surface area (Å²) in [7, 11) is -3.83. The van der Waals surface area contributed by atoms with Crippen molar-refractivity contribution in [2.24, 2.45) is 0 Å². The number of halogens is 2. The lowest BCUT2D eigenvalue weighted by atomic mass is 10.2. The van der Waals surface area contributed by atoms with E-state index < -0.39 is 10.0 Å². The normalized spacial score (nSPS) is 11.1. The standard InChI is InChI=1S/C21H17BrFN7O2S2/c22-18-13-30(12-14-2-4-15(23)5-3-14)28-19(18)27-21(33)26-16-6-8-17(9-7-16)34(31,32)29-20-24-10-1-11-25-20/h1-11,13H,12H2,(H,24,25,29)(H2,26,27,28,33). The van der Waals surface area contributed by atoms with Crippen molar-refractivity contribution in [1.29, 1.82) is 0 Å². The number of hydrogen-bond donors (Lipinski definition) is 3. The number of benzene rings is 2. The highest BCUT2D eigenvalue weighted by Crippen LogP contribution is 2.22. The quantitative estimate of drug-likeness (QED) is 0.287. The molecular weight excluding hydrogens is 545 g/mol. The summed E-state index contributed by atoms with van der Waals surface area (Å²) >= 11 is 8.78. The molecule has 2 heterocycles. The van der Waals surface area contributed by atoms with Crippen LogP contribution in [0.15, 0.2) is 82.6 Å². The maximum absolute atomic E-state index is 13.1. The number of aromatic nitrogens is 4. The zero-order chi connectivity index (χ0) is 24.1. The molecule has 0 bridgehead atoms. The van der Waals surface area contributed by atoms with E-state index in [1.54, 1.807) is 41.2 Å². The maximum atomic E-state index is 13.1. The van der Waals surface area contributed by atoms with Crippen LogP contribution in [-0.4, -0.2) is 33.3 Å². The molecular formula is C21H17BrFN7O2S2. The second kappa shape index (κ2) is 10.2. The first kappa shape index (κ1) is 23.7. The molecule has 0 aliphatic rings. The lowest BCUT2D eigenvalue weighted by Gasteiger charge is -2.10.